The summed E-state index contributed by atoms with van der Waals surface area (Å²) in [6, 6.07) is 4.36. The van der Waals surface area contributed by atoms with Crippen molar-refractivity contribution in [1.29, 1.82) is 0 Å². The van der Waals surface area contributed by atoms with E-state index in [0.717, 1.165) is 49.8 Å². The number of halogens is 2. The average Bonchev–Trinajstić information content (AvgIpc) is 3.13. The van der Waals surface area contributed by atoms with E-state index >= 15 is 0 Å². The molecule has 0 aliphatic carbocycles. The van der Waals surface area contributed by atoms with E-state index in [1.165, 1.54) is 6.07 Å². The Morgan fingerprint density at radius 3 is 2.97 bits per heavy atom. The molecule has 9 heteroatoms. The third-order valence-electron chi connectivity index (χ3n) is 6.31. The van der Waals surface area contributed by atoms with Gasteiger partial charge in [0.2, 0.25) is 0 Å². The molecule has 0 bridgehead atoms. The molecule has 2 N–H and O–H groups in total. The highest BCUT2D eigenvalue weighted by Crippen LogP contribution is 2.35. The maximum absolute atomic E-state index is 14.1. The number of rotatable bonds is 4. The molecule has 3 aromatic rings. The number of nitrogen functional groups attached to an aromatic ring is 1. The van der Waals surface area contributed by atoms with Gasteiger partial charge in [0.05, 0.1) is 6.20 Å². The zero-order valence-electron chi connectivity index (χ0n) is 17.9. The van der Waals surface area contributed by atoms with E-state index in [1.807, 2.05) is 13.1 Å². The van der Waals surface area contributed by atoms with Gasteiger partial charge in [-0.2, -0.15) is 10.1 Å². The Labute approximate surface area is 185 Å². The molecule has 2 aromatic heterocycles. The molecule has 1 aromatic carbocycles. The predicted molar refractivity (Wildman–Crippen MR) is 119 cm³/mol. The third-order valence-corrected chi connectivity index (χ3v) is 6.31. The van der Waals surface area contributed by atoms with Crippen molar-refractivity contribution in [3.63, 3.8) is 0 Å². The van der Waals surface area contributed by atoms with Crippen LogP contribution in [0.1, 0.15) is 23.2 Å². The lowest BCUT2D eigenvalue weighted by atomic mass is 9.93. The SMILES string of the molecule is Cc1c(CC=CN2CCN3c4cc(F)cc(F)c4CCC3C2)cnn1-c1nccc(N)n1. The molecule has 1 atom stereocenters. The molecule has 2 aliphatic heterocycles. The maximum Gasteiger partial charge on any atom is 0.252 e. The Hall–Kier alpha value is -3.49. The summed E-state index contributed by atoms with van der Waals surface area (Å²) in [4.78, 5) is 12.9. The Bertz CT molecular complexity index is 1170. The number of fused-ring (bicyclic) bond motifs is 3. The number of nitrogens with two attached hydrogens (primary N) is 1. The molecule has 7 nitrogen and oxygen atoms in total. The lowest BCUT2D eigenvalue weighted by molar-refractivity contribution is 0.281. The molecule has 1 saturated heterocycles. The van der Waals surface area contributed by atoms with Gasteiger partial charge in [0.25, 0.3) is 5.95 Å². The molecule has 1 fully saturated rings. The average molecular weight is 437 g/mol. The van der Waals surface area contributed by atoms with Crippen molar-refractivity contribution in [3.05, 3.63) is 71.3 Å². The van der Waals surface area contributed by atoms with Gasteiger partial charge in [-0.25, -0.2) is 18.4 Å². The lowest BCUT2D eigenvalue weighted by Crippen LogP contribution is -2.53. The summed E-state index contributed by atoms with van der Waals surface area (Å²) in [7, 11) is 0. The first kappa shape index (κ1) is 20.4. The van der Waals surface area contributed by atoms with Crippen molar-refractivity contribution < 1.29 is 8.78 Å². The molecule has 1 unspecified atom stereocenters. The lowest BCUT2D eigenvalue weighted by Gasteiger charge is -2.46. The molecular weight excluding hydrogens is 412 g/mol. The zero-order chi connectivity index (χ0) is 22.2. The fourth-order valence-electron chi connectivity index (χ4n) is 4.62. The van der Waals surface area contributed by atoms with Gasteiger partial charge in [-0.1, -0.05) is 6.08 Å². The predicted octanol–water partition coefficient (Wildman–Crippen LogP) is 3.02. The minimum Gasteiger partial charge on any atom is -0.384 e. The summed E-state index contributed by atoms with van der Waals surface area (Å²) < 4.78 is 29.6. The molecule has 0 radical (unpaired) electrons. The standard InChI is InChI=1S/C23H25F2N7/c1-15-16(13-28-32(15)23-27-7-6-22(26)29-23)3-2-8-30-9-10-31-18(14-30)4-5-19-20(25)11-17(24)12-21(19)31/h2,6-8,11-13,18H,3-5,9-10,14H2,1H3,(H2,26,27,29). The normalized spacial score (nSPS) is 18.2. The molecule has 32 heavy (non-hydrogen) atoms. The maximum atomic E-state index is 14.1. The highest BCUT2D eigenvalue weighted by Gasteiger charge is 2.32. The van der Waals surface area contributed by atoms with Crippen LogP contribution in [-0.4, -0.2) is 50.3 Å². The number of hydrogen-bond acceptors (Lipinski definition) is 6. The van der Waals surface area contributed by atoms with Gasteiger partial charge in [-0.05, 0) is 50.1 Å². The molecule has 2 aliphatic rings. The first-order chi connectivity index (χ1) is 15.5. The van der Waals surface area contributed by atoms with Crippen molar-refractivity contribution >= 4 is 11.5 Å². The van der Waals surface area contributed by atoms with Gasteiger partial charge in [0.1, 0.15) is 17.5 Å². The van der Waals surface area contributed by atoms with E-state index in [4.69, 9.17) is 5.73 Å². The number of hydrogen-bond donors (Lipinski definition) is 1. The molecule has 5 rings (SSSR count). The van der Waals surface area contributed by atoms with Crippen LogP contribution >= 0.6 is 0 Å². The van der Waals surface area contributed by atoms with Crippen molar-refractivity contribution in [2.75, 3.05) is 30.3 Å². The summed E-state index contributed by atoms with van der Waals surface area (Å²) in [6.45, 7) is 4.37. The van der Waals surface area contributed by atoms with E-state index in [-0.39, 0.29) is 6.04 Å². The molecule has 0 spiro atoms. The van der Waals surface area contributed by atoms with Crippen LogP contribution < -0.4 is 10.6 Å². The minimum absolute atomic E-state index is 0.257. The van der Waals surface area contributed by atoms with E-state index in [1.54, 1.807) is 16.9 Å². The van der Waals surface area contributed by atoms with Gasteiger partial charge in [-0.15, -0.1) is 0 Å². The number of benzene rings is 1. The number of nitrogens with zero attached hydrogens (tertiary/aromatic N) is 6. The second-order valence-electron chi connectivity index (χ2n) is 8.30. The van der Waals surface area contributed by atoms with Crippen LogP contribution in [0.15, 0.2) is 42.9 Å². The summed E-state index contributed by atoms with van der Waals surface area (Å²) in [5.74, 6) is -0.0791. The highest BCUT2D eigenvalue weighted by molar-refractivity contribution is 5.58. The Morgan fingerprint density at radius 1 is 1.25 bits per heavy atom. The van der Waals surface area contributed by atoms with Crippen molar-refractivity contribution in [2.24, 2.45) is 0 Å². The number of anilines is 2. The zero-order valence-corrected chi connectivity index (χ0v) is 17.9. The van der Waals surface area contributed by atoms with E-state index in [2.05, 4.69) is 37.1 Å². The van der Waals surface area contributed by atoms with Gasteiger partial charge in [0.15, 0.2) is 0 Å². The third kappa shape index (κ3) is 3.79. The summed E-state index contributed by atoms with van der Waals surface area (Å²) in [6.07, 6.45) is 9.93. The fraction of sp³-hybridized carbons (Fsp3) is 0.348. The van der Waals surface area contributed by atoms with Gasteiger partial charge >= 0.3 is 0 Å². The monoisotopic (exact) mass is 437 g/mol. The Morgan fingerprint density at radius 2 is 2.12 bits per heavy atom. The Balaban J connectivity index is 1.24. The van der Waals surface area contributed by atoms with E-state index < -0.39 is 11.6 Å². The van der Waals surface area contributed by atoms with Crippen LogP contribution in [0.4, 0.5) is 20.3 Å². The molecule has 0 saturated carbocycles. The number of aromatic nitrogens is 4. The quantitative estimate of drug-likeness (QED) is 0.676. The first-order valence-electron chi connectivity index (χ1n) is 10.8. The smallest absolute Gasteiger partial charge is 0.252 e. The summed E-state index contributed by atoms with van der Waals surface area (Å²) in [5, 5.41) is 4.40. The molecule has 166 valence electrons. The topological polar surface area (TPSA) is 76.1 Å². The number of allylic oxidation sites excluding steroid dienone is 1. The van der Waals surface area contributed by atoms with Crippen LogP contribution in [0.25, 0.3) is 5.95 Å². The largest absolute Gasteiger partial charge is 0.384 e. The minimum atomic E-state index is -0.510. The van der Waals surface area contributed by atoms with Crippen LogP contribution in [0, 0.1) is 18.6 Å². The van der Waals surface area contributed by atoms with Crippen LogP contribution in [0.3, 0.4) is 0 Å². The van der Waals surface area contributed by atoms with Crippen molar-refractivity contribution in [3.8, 4) is 5.95 Å². The first-order valence-corrected chi connectivity index (χ1v) is 10.8. The van der Waals surface area contributed by atoms with Gasteiger partial charge in [0, 0.05) is 54.9 Å². The molecule has 0 amide bonds. The summed E-state index contributed by atoms with van der Waals surface area (Å²) in [5.41, 5.74) is 9.17. The molecular formula is C23H25F2N7. The Kier molecular flexibility index (Phi) is 5.24. The van der Waals surface area contributed by atoms with Crippen LogP contribution in [0.2, 0.25) is 0 Å². The molecule has 4 heterocycles. The van der Waals surface area contributed by atoms with E-state index in [0.29, 0.717) is 29.4 Å². The highest BCUT2D eigenvalue weighted by atomic mass is 19.1. The second kappa shape index (κ2) is 8.22. The van der Waals surface area contributed by atoms with Crippen molar-refractivity contribution in [2.45, 2.75) is 32.2 Å². The number of piperazine rings is 1. The second-order valence-corrected chi connectivity index (χ2v) is 8.30. The van der Waals surface area contributed by atoms with Crippen LogP contribution in [-0.2, 0) is 12.8 Å². The van der Waals surface area contributed by atoms with Gasteiger partial charge in [-0.3, -0.25) is 0 Å². The van der Waals surface area contributed by atoms with Gasteiger partial charge < -0.3 is 15.5 Å². The fourth-order valence-corrected chi connectivity index (χ4v) is 4.62. The van der Waals surface area contributed by atoms with E-state index in [9.17, 15) is 8.78 Å². The summed E-state index contributed by atoms with van der Waals surface area (Å²) >= 11 is 0. The van der Waals surface area contributed by atoms with Crippen molar-refractivity contribution in [1.82, 2.24) is 24.6 Å². The van der Waals surface area contributed by atoms with Crippen LogP contribution in [0.5, 0.6) is 0 Å².